The molecule has 0 radical (unpaired) electrons. The molecule has 0 amide bonds. The number of phenolic OH excluding ortho intramolecular Hbond substituents is 1. The molecular weight excluding hydrogens is 424 g/mol. The van der Waals surface area contributed by atoms with Gasteiger partial charge in [-0.1, -0.05) is 24.3 Å². The topological polar surface area (TPSA) is 91.3 Å². The Morgan fingerprint density at radius 3 is 2.48 bits per heavy atom. The normalized spacial score (nSPS) is 17.8. The highest BCUT2D eigenvalue weighted by atomic mass is 16.5. The summed E-state index contributed by atoms with van der Waals surface area (Å²) in [7, 11) is 3.07. The summed E-state index contributed by atoms with van der Waals surface area (Å²) in [6.07, 6.45) is 1.70. The zero-order chi connectivity index (χ0) is 23.1. The van der Waals surface area contributed by atoms with Gasteiger partial charge in [0.1, 0.15) is 17.2 Å². The second kappa shape index (κ2) is 8.02. The second-order valence-corrected chi connectivity index (χ2v) is 7.70. The number of benzene rings is 3. The number of ketones is 1. The van der Waals surface area contributed by atoms with E-state index in [-0.39, 0.29) is 35.6 Å². The van der Waals surface area contributed by atoms with Crippen LogP contribution in [0.15, 0.2) is 60.4 Å². The summed E-state index contributed by atoms with van der Waals surface area (Å²) in [6.45, 7) is 0. The van der Waals surface area contributed by atoms with Crippen LogP contribution in [0.1, 0.15) is 39.4 Å². The molecule has 1 atom stereocenters. The van der Waals surface area contributed by atoms with Gasteiger partial charge in [-0.05, 0) is 42.0 Å². The van der Waals surface area contributed by atoms with Crippen LogP contribution in [-0.2, 0) is 4.79 Å². The van der Waals surface area contributed by atoms with E-state index in [1.54, 1.807) is 67.8 Å². The van der Waals surface area contributed by atoms with Gasteiger partial charge in [-0.3, -0.25) is 9.59 Å². The van der Waals surface area contributed by atoms with Gasteiger partial charge in [0.2, 0.25) is 5.78 Å². The fourth-order valence-electron chi connectivity index (χ4n) is 4.26. The Morgan fingerprint density at radius 1 is 0.970 bits per heavy atom. The number of hydrogen-bond donors (Lipinski definition) is 1. The molecular formula is C26H20O7. The monoisotopic (exact) mass is 444 g/mol. The van der Waals surface area contributed by atoms with Gasteiger partial charge in [0.15, 0.2) is 17.3 Å². The van der Waals surface area contributed by atoms with Gasteiger partial charge in [0.05, 0.1) is 26.2 Å². The number of para-hydroxylation sites is 1. The standard InChI is InChI=1S/C26H20O7/c1-30-20-5-3-4-15(25(20)31-2)12-21-24(29)17-10-11-19-23(26(17)33-21)18(13-22(28)32-19)14-6-8-16(27)9-7-14/h3-12,18,27H,13H2,1-2H3/b21-12-/t18-/m1/s1. The number of carbonyl (C=O) groups excluding carboxylic acids is 2. The van der Waals surface area contributed by atoms with Crippen molar-refractivity contribution in [2.75, 3.05) is 14.2 Å². The van der Waals surface area contributed by atoms with Crippen molar-refractivity contribution in [1.29, 1.82) is 0 Å². The van der Waals surface area contributed by atoms with Gasteiger partial charge in [0, 0.05) is 17.0 Å². The van der Waals surface area contributed by atoms with E-state index >= 15 is 0 Å². The summed E-state index contributed by atoms with van der Waals surface area (Å²) in [4.78, 5) is 25.4. The minimum Gasteiger partial charge on any atom is -0.508 e. The first-order chi connectivity index (χ1) is 16.0. The number of ether oxygens (including phenoxy) is 4. The van der Waals surface area contributed by atoms with Gasteiger partial charge in [-0.25, -0.2) is 0 Å². The lowest BCUT2D eigenvalue weighted by atomic mass is 9.84. The summed E-state index contributed by atoms with van der Waals surface area (Å²) in [5, 5.41) is 9.66. The molecule has 0 saturated heterocycles. The van der Waals surface area contributed by atoms with Gasteiger partial charge in [-0.2, -0.15) is 0 Å². The van der Waals surface area contributed by atoms with E-state index in [1.807, 2.05) is 0 Å². The highest BCUT2D eigenvalue weighted by Crippen LogP contribution is 2.49. The smallest absolute Gasteiger partial charge is 0.312 e. The van der Waals surface area contributed by atoms with Gasteiger partial charge < -0.3 is 24.1 Å². The van der Waals surface area contributed by atoms with E-state index in [4.69, 9.17) is 18.9 Å². The first-order valence-electron chi connectivity index (χ1n) is 10.3. The summed E-state index contributed by atoms with van der Waals surface area (Å²) < 4.78 is 22.3. The number of hydrogen-bond acceptors (Lipinski definition) is 7. The Balaban J connectivity index is 1.61. The molecule has 2 aliphatic rings. The van der Waals surface area contributed by atoms with E-state index in [2.05, 4.69) is 0 Å². The van der Waals surface area contributed by atoms with Crippen molar-refractivity contribution in [2.45, 2.75) is 12.3 Å². The predicted molar refractivity (Wildman–Crippen MR) is 119 cm³/mol. The van der Waals surface area contributed by atoms with Crippen LogP contribution in [0.2, 0.25) is 0 Å². The van der Waals surface area contributed by atoms with E-state index in [0.29, 0.717) is 39.7 Å². The fraction of sp³-hybridized carbons (Fsp3) is 0.154. The number of Topliss-reactive ketones (excluding diaryl/α,β-unsaturated/α-hetero) is 1. The maximum Gasteiger partial charge on any atom is 0.312 e. The number of phenols is 1. The molecule has 7 nitrogen and oxygen atoms in total. The highest BCUT2D eigenvalue weighted by molar-refractivity contribution is 6.15. The first-order valence-corrected chi connectivity index (χ1v) is 10.3. The fourth-order valence-corrected chi connectivity index (χ4v) is 4.26. The van der Waals surface area contributed by atoms with Crippen molar-refractivity contribution in [3.8, 4) is 28.7 Å². The van der Waals surface area contributed by atoms with Crippen molar-refractivity contribution < 1.29 is 33.6 Å². The van der Waals surface area contributed by atoms with Gasteiger partial charge >= 0.3 is 5.97 Å². The van der Waals surface area contributed by atoms with Crippen molar-refractivity contribution in [3.63, 3.8) is 0 Å². The third-order valence-corrected chi connectivity index (χ3v) is 5.80. The highest BCUT2D eigenvalue weighted by Gasteiger charge is 2.38. The Bertz CT molecular complexity index is 1300. The molecule has 0 saturated carbocycles. The zero-order valence-corrected chi connectivity index (χ0v) is 18.0. The molecule has 0 spiro atoms. The Hall–Kier alpha value is -4.26. The van der Waals surface area contributed by atoms with Crippen LogP contribution in [0.4, 0.5) is 0 Å². The van der Waals surface area contributed by atoms with Crippen LogP contribution in [0.25, 0.3) is 6.08 Å². The quantitative estimate of drug-likeness (QED) is 0.361. The maximum absolute atomic E-state index is 13.2. The maximum atomic E-state index is 13.2. The van der Waals surface area contributed by atoms with Gasteiger partial charge in [0.25, 0.3) is 0 Å². The summed E-state index contributed by atoms with van der Waals surface area (Å²) in [5.41, 5.74) is 2.46. The lowest BCUT2D eigenvalue weighted by Crippen LogP contribution is -2.21. The molecule has 2 heterocycles. The predicted octanol–water partition coefficient (Wildman–Crippen LogP) is 4.47. The van der Waals surface area contributed by atoms with E-state index in [9.17, 15) is 14.7 Å². The molecule has 1 N–H and O–H groups in total. The molecule has 0 bridgehead atoms. The average molecular weight is 444 g/mol. The average Bonchev–Trinajstić information content (AvgIpc) is 3.13. The molecule has 3 aromatic rings. The molecule has 2 aliphatic heterocycles. The number of methoxy groups -OCH3 is 2. The lowest BCUT2D eigenvalue weighted by molar-refractivity contribution is -0.135. The number of fused-ring (bicyclic) bond motifs is 3. The van der Waals surface area contributed by atoms with Crippen molar-refractivity contribution in [2.24, 2.45) is 0 Å². The summed E-state index contributed by atoms with van der Waals surface area (Å²) in [5.74, 6) is 0.971. The molecule has 0 aromatic heterocycles. The van der Waals surface area contributed by atoms with E-state index in [0.717, 1.165) is 5.56 Å². The number of esters is 1. The molecule has 33 heavy (non-hydrogen) atoms. The van der Waals surface area contributed by atoms with Crippen molar-refractivity contribution in [1.82, 2.24) is 0 Å². The largest absolute Gasteiger partial charge is 0.508 e. The van der Waals surface area contributed by atoms with E-state index < -0.39 is 0 Å². The van der Waals surface area contributed by atoms with Crippen LogP contribution in [0.5, 0.6) is 28.7 Å². The lowest BCUT2D eigenvalue weighted by Gasteiger charge is -2.26. The number of aromatic hydroxyl groups is 1. The van der Waals surface area contributed by atoms with Crippen LogP contribution in [0, 0.1) is 0 Å². The minimum atomic E-state index is -0.379. The molecule has 0 unspecified atom stereocenters. The Kier molecular flexibility index (Phi) is 5.01. The number of rotatable bonds is 4. The van der Waals surface area contributed by atoms with E-state index in [1.165, 1.54) is 7.11 Å². The third kappa shape index (κ3) is 3.47. The third-order valence-electron chi connectivity index (χ3n) is 5.80. The van der Waals surface area contributed by atoms with Crippen LogP contribution in [-0.4, -0.2) is 31.1 Å². The second-order valence-electron chi connectivity index (χ2n) is 7.70. The van der Waals surface area contributed by atoms with Crippen molar-refractivity contribution >= 4 is 17.8 Å². The zero-order valence-electron chi connectivity index (χ0n) is 18.0. The Labute approximate surface area is 189 Å². The van der Waals surface area contributed by atoms with Crippen LogP contribution >= 0.6 is 0 Å². The Morgan fingerprint density at radius 2 is 1.76 bits per heavy atom. The van der Waals surface area contributed by atoms with Crippen LogP contribution < -0.4 is 18.9 Å². The SMILES string of the molecule is COc1cccc(/C=C2\Oc3c(ccc4c3[C@@H](c3ccc(O)cc3)CC(=O)O4)C2=O)c1OC. The van der Waals surface area contributed by atoms with Crippen molar-refractivity contribution in [3.05, 3.63) is 82.6 Å². The number of carbonyl (C=O) groups is 2. The molecule has 166 valence electrons. The molecule has 0 fully saturated rings. The molecule has 7 heteroatoms. The molecule has 3 aromatic carbocycles. The first kappa shape index (κ1) is 20.6. The molecule has 0 aliphatic carbocycles. The summed E-state index contributed by atoms with van der Waals surface area (Å²) in [6, 6.07) is 15.2. The van der Waals surface area contributed by atoms with Crippen LogP contribution in [0.3, 0.4) is 0 Å². The minimum absolute atomic E-state index is 0.0918. The molecule has 5 rings (SSSR count). The number of allylic oxidation sites excluding steroid dienone is 1. The summed E-state index contributed by atoms with van der Waals surface area (Å²) >= 11 is 0. The van der Waals surface area contributed by atoms with Gasteiger partial charge in [-0.15, -0.1) is 0 Å².